The Labute approximate surface area is 344 Å². The first-order valence-electron chi connectivity index (χ1n) is 20.4. The summed E-state index contributed by atoms with van der Waals surface area (Å²) in [5.74, 6) is 0. The van der Waals surface area contributed by atoms with Gasteiger partial charge in [0.1, 0.15) is 11.2 Å². The van der Waals surface area contributed by atoms with Crippen molar-refractivity contribution in [1.82, 2.24) is 0 Å². The third-order valence-electron chi connectivity index (χ3n) is 12.6. The molecule has 2 aliphatic heterocycles. The van der Waals surface area contributed by atoms with E-state index in [1.807, 2.05) is 0 Å². The number of furan rings is 1. The summed E-state index contributed by atoms with van der Waals surface area (Å²) in [5.41, 5.74) is 19.0. The molecule has 0 aliphatic carbocycles. The van der Waals surface area contributed by atoms with E-state index in [0.29, 0.717) is 0 Å². The first-order chi connectivity index (χ1) is 29.0. The first-order valence-corrected chi connectivity index (χ1v) is 20.4. The highest BCUT2D eigenvalue weighted by atomic mass is 16.3. The Kier molecular flexibility index (Phi) is 7.37. The maximum atomic E-state index is 6.95. The molecule has 3 nitrogen and oxygen atoms in total. The van der Waals surface area contributed by atoms with E-state index in [2.05, 4.69) is 219 Å². The van der Waals surface area contributed by atoms with E-state index < -0.39 is 0 Å². The summed E-state index contributed by atoms with van der Waals surface area (Å²) >= 11 is 0. The molecule has 0 bridgehead atoms. The van der Waals surface area contributed by atoms with Crippen LogP contribution in [-0.2, 0) is 5.41 Å². The Morgan fingerprint density at radius 2 is 1.19 bits per heavy atom. The summed E-state index contributed by atoms with van der Waals surface area (Å²) < 4.78 is 6.95. The van der Waals surface area contributed by atoms with Crippen LogP contribution >= 0.6 is 0 Å². The van der Waals surface area contributed by atoms with Gasteiger partial charge in [0.25, 0.3) is 0 Å². The van der Waals surface area contributed by atoms with Crippen molar-refractivity contribution in [3.63, 3.8) is 0 Å². The second-order valence-corrected chi connectivity index (χ2v) is 16.4. The van der Waals surface area contributed by atoms with Gasteiger partial charge in [0.2, 0.25) is 0 Å². The molecule has 10 aromatic rings. The number of rotatable bonds is 5. The predicted octanol–water partition coefficient (Wildman–Crippen LogP) is 13.6. The lowest BCUT2D eigenvalue weighted by atomic mass is 9.55. The molecule has 1 N–H and O–H groups in total. The van der Waals surface area contributed by atoms with Crippen LogP contribution in [0, 0.1) is 0 Å². The van der Waals surface area contributed by atoms with Gasteiger partial charge in [-0.3, -0.25) is 0 Å². The molecule has 0 saturated heterocycles. The number of hydrogen-bond donors (Lipinski definition) is 1. The van der Waals surface area contributed by atoms with Crippen LogP contribution in [0.4, 0.5) is 28.4 Å². The highest BCUT2D eigenvalue weighted by Crippen LogP contribution is 2.54. The third-order valence-corrected chi connectivity index (χ3v) is 12.6. The molecule has 277 valence electrons. The molecular weight excluding hydrogens is 715 g/mol. The molecule has 0 atom stereocenters. The van der Waals surface area contributed by atoms with E-state index in [9.17, 15) is 0 Å². The average Bonchev–Trinajstić information content (AvgIpc) is 3.65. The molecule has 9 aromatic carbocycles. The zero-order valence-electron chi connectivity index (χ0n) is 32.8. The van der Waals surface area contributed by atoms with E-state index in [4.69, 9.17) is 4.42 Å². The smallest absolute Gasteiger partial charge is 0.198 e. The standard InChI is InChI=1S/C55H38BN2O/c1-55(2)44-24-15-25-46-53(44)58(48-32-37-21-10-9-20-36(37)31-45(48)55)49-33-43-41-22-12-14-27-50(41)59-54(43)51(52(49)56-46)42-23-11-13-26-47(42)57-40-29-38(34-16-5-3-6-17-34)28-39(30-40)35-18-7-4-8-19-35/h3-33,57H,1-2H3. The number of anilines is 5. The van der Waals surface area contributed by atoms with Gasteiger partial charge in [-0.15, -0.1) is 0 Å². The van der Waals surface area contributed by atoms with E-state index in [1.54, 1.807) is 0 Å². The molecular formula is C55H38BN2O. The quantitative estimate of drug-likeness (QED) is 0.177. The number of benzene rings is 9. The van der Waals surface area contributed by atoms with Crippen LogP contribution in [0.1, 0.15) is 25.0 Å². The second kappa shape index (κ2) is 12.9. The Hall–Kier alpha value is -7.30. The zero-order valence-corrected chi connectivity index (χ0v) is 32.8. The van der Waals surface area contributed by atoms with Crippen LogP contribution in [0.15, 0.2) is 192 Å². The molecule has 0 unspecified atom stereocenters. The number of fused-ring (bicyclic) bond motifs is 8. The Morgan fingerprint density at radius 3 is 1.95 bits per heavy atom. The lowest BCUT2D eigenvalue weighted by molar-refractivity contribution is 0.633. The molecule has 0 saturated carbocycles. The van der Waals surface area contributed by atoms with E-state index in [0.717, 1.165) is 66.7 Å². The fourth-order valence-electron chi connectivity index (χ4n) is 9.73. The van der Waals surface area contributed by atoms with Crippen molar-refractivity contribution in [1.29, 1.82) is 0 Å². The van der Waals surface area contributed by atoms with Crippen LogP contribution in [0.3, 0.4) is 0 Å². The van der Waals surface area contributed by atoms with Crippen molar-refractivity contribution in [2.75, 3.05) is 10.2 Å². The summed E-state index contributed by atoms with van der Waals surface area (Å²) in [5, 5.41) is 8.63. The van der Waals surface area contributed by atoms with Crippen molar-refractivity contribution >= 4 is 79.4 Å². The van der Waals surface area contributed by atoms with Crippen molar-refractivity contribution in [2.45, 2.75) is 19.3 Å². The van der Waals surface area contributed by atoms with Crippen LogP contribution in [0.2, 0.25) is 0 Å². The molecule has 0 amide bonds. The molecule has 59 heavy (non-hydrogen) atoms. The van der Waals surface area contributed by atoms with Crippen LogP contribution in [0.5, 0.6) is 0 Å². The Balaban J connectivity index is 1.11. The lowest BCUT2D eigenvalue weighted by Crippen LogP contribution is -2.45. The highest BCUT2D eigenvalue weighted by Gasteiger charge is 2.42. The minimum absolute atomic E-state index is 0.203. The van der Waals surface area contributed by atoms with Gasteiger partial charge in [-0.25, -0.2) is 0 Å². The molecule has 2 aliphatic rings. The van der Waals surface area contributed by atoms with Gasteiger partial charge in [-0.2, -0.15) is 0 Å². The predicted molar refractivity (Wildman–Crippen MR) is 249 cm³/mol. The fourth-order valence-corrected chi connectivity index (χ4v) is 9.73. The van der Waals surface area contributed by atoms with Crippen molar-refractivity contribution in [3.8, 4) is 33.4 Å². The number of para-hydroxylation sites is 3. The third kappa shape index (κ3) is 5.23. The molecule has 3 heterocycles. The molecule has 4 heteroatoms. The van der Waals surface area contributed by atoms with Crippen molar-refractivity contribution in [3.05, 3.63) is 199 Å². The van der Waals surface area contributed by atoms with Crippen molar-refractivity contribution < 1.29 is 4.42 Å². The SMILES string of the molecule is CC1(C)c2cc3ccccc3cc2N2c3cc4c(oc5ccccc54)c(-c4ccccc4Nc4cc(-c5ccccc5)cc(-c5ccccc5)c4)c3[B]c3cccc1c32. The van der Waals surface area contributed by atoms with Crippen LogP contribution in [0.25, 0.3) is 66.1 Å². The van der Waals surface area contributed by atoms with E-state index >= 15 is 0 Å². The number of nitrogens with zero attached hydrogens (tertiary/aromatic N) is 1. The fraction of sp³-hybridized carbons (Fsp3) is 0.0545. The highest BCUT2D eigenvalue weighted by molar-refractivity contribution is 6.74. The molecule has 1 aromatic heterocycles. The molecule has 12 rings (SSSR count). The van der Waals surface area contributed by atoms with Gasteiger partial charge >= 0.3 is 0 Å². The summed E-state index contributed by atoms with van der Waals surface area (Å²) in [4.78, 5) is 2.54. The summed E-state index contributed by atoms with van der Waals surface area (Å²) in [7, 11) is 2.40. The summed E-state index contributed by atoms with van der Waals surface area (Å²) in [6.45, 7) is 4.75. The molecule has 1 radical (unpaired) electrons. The normalized spacial score (nSPS) is 13.5. The van der Waals surface area contributed by atoms with Gasteiger partial charge in [0.05, 0.1) is 5.69 Å². The zero-order chi connectivity index (χ0) is 39.2. The first kappa shape index (κ1) is 33.8. The second-order valence-electron chi connectivity index (χ2n) is 16.4. The molecule has 0 fully saturated rings. The van der Waals surface area contributed by atoms with Gasteiger partial charge in [0.15, 0.2) is 7.28 Å². The summed E-state index contributed by atoms with van der Waals surface area (Å²) in [6.07, 6.45) is 0. The Bertz CT molecular complexity index is 3250. The largest absolute Gasteiger partial charge is 0.455 e. The van der Waals surface area contributed by atoms with Crippen molar-refractivity contribution in [2.24, 2.45) is 0 Å². The monoisotopic (exact) mass is 753 g/mol. The maximum Gasteiger partial charge on any atom is 0.198 e. The maximum absolute atomic E-state index is 6.95. The van der Waals surface area contributed by atoms with Gasteiger partial charge < -0.3 is 14.6 Å². The van der Waals surface area contributed by atoms with Gasteiger partial charge in [-0.05, 0) is 98.1 Å². The number of hydrogen-bond acceptors (Lipinski definition) is 3. The lowest BCUT2D eigenvalue weighted by Gasteiger charge is -2.46. The average molecular weight is 754 g/mol. The van der Waals surface area contributed by atoms with Gasteiger partial charge in [0, 0.05) is 50.1 Å². The van der Waals surface area contributed by atoms with E-state index in [-0.39, 0.29) is 5.41 Å². The van der Waals surface area contributed by atoms with Gasteiger partial charge in [-0.1, -0.05) is 159 Å². The minimum Gasteiger partial charge on any atom is -0.455 e. The number of nitrogens with one attached hydrogen (secondary N) is 1. The topological polar surface area (TPSA) is 28.4 Å². The Morgan fingerprint density at radius 1 is 0.525 bits per heavy atom. The minimum atomic E-state index is -0.203. The molecule has 0 spiro atoms. The van der Waals surface area contributed by atoms with Crippen LogP contribution < -0.4 is 21.1 Å². The van der Waals surface area contributed by atoms with Crippen LogP contribution in [-0.4, -0.2) is 7.28 Å². The summed E-state index contributed by atoms with van der Waals surface area (Å²) in [6, 6.07) is 68.0. The van der Waals surface area contributed by atoms with E-state index in [1.165, 1.54) is 49.9 Å².